The number of nitrogens with one attached hydrogen (secondary N) is 1. The third-order valence-corrected chi connectivity index (χ3v) is 3.22. The molecule has 5 heteroatoms. The van der Waals surface area contributed by atoms with E-state index < -0.39 is 6.04 Å². The van der Waals surface area contributed by atoms with Gasteiger partial charge in [-0.3, -0.25) is 5.84 Å². The van der Waals surface area contributed by atoms with Crippen molar-refractivity contribution in [2.75, 3.05) is 13.7 Å². The van der Waals surface area contributed by atoms with Gasteiger partial charge in [0.25, 0.3) is 0 Å². The number of para-hydroxylation sites is 1. The zero-order chi connectivity index (χ0) is 15.2. The molecule has 0 aliphatic carbocycles. The molecule has 1 unspecified atom stereocenters. The number of hydrogen-bond acceptors (Lipinski definition) is 4. The lowest BCUT2D eigenvalue weighted by molar-refractivity contribution is 0.332. The highest BCUT2D eigenvalue weighted by molar-refractivity contribution is 5.47. The van der Waals surface area contributed by atoms with Gasteiger partial charge in [0.1, 0.15) is 17.3 Å². The summed E-state index contributed by atoms with van der Waals surface area (Å²) in [6.45, 7) is 2.41. The maximum Gasteiger partial charge on any atom is 0.132 e. The molecule has 0 fully saturated rings. The number of hydrazine groups is 1. The largest absolute Gasteiger partial charge is 0.496 e. The Morgan fingerprint density at radius 2 is 1.86 bits per heavy atom. The summed E-state index contributed by atoms with van der Waals surface area (Å²) in [4.78, 5) is 0. The summed E-state index contributed by atoms with van der Waals surface area (Å²) in [7, 11) is 1.50. The third-order valence-electron chi connectivity index (χ3n) is 3.22. The van der Waals surface area contributed by atoms with Gasteiger partial charge < -0.3 is 9.47 Å². The molecule has 0 aliphatic heterocycles. The molecule has 3 N–H and O–H groups in total. The molecule has 2 aromatic rings. The molecule has 4 nitrogen and oxygen atoms in total. The van der Waals surface area contributed by atoms with Crippen molar-refractivity contribution in [3.63, 3.8) is 0 Å². The molecule has 0 saturated carbocycles. The molecule has 0 saturated heterocycles. The first-order valence-corrected chi connectivity index (χ1v) is 6.73. The molecule has 0 heterocycles. The van der Waals surface area contributed by atoms with E-state index in [2.05, 4.69) is 5.43 Å². The van der Waals surface area contributed by atoms with Crippen molar-refractivity contribution in [1.29, 1.82) is 0 Å². The van der Waals surface area contributed by atoms with Crippen LogP contribution in [0.15, 0.2) is 42.5 Å². The lowest BCUT2D eigenvalue weighted by Crippen LogP contribution is -2.30. The SMILES string of the molecule is CCOc1ccccc1C(NN)c1c(F)cccc1OC. The first kappa shape index (κ1) is 15.3. The predicted molar refractivity (Wildman–Crippen MR) is 79.7 cm³/mol. The van der Waals surface area contributed by atoms with E-state index in [1.165, 1.54) is 13.2 Å². The maximum absolute atomic E-state index is 14.3. The summed E-state index contributed by atoms with van der Waals surface area (Å²) in [6, 6.07) is 11.5. The maximum atomic E-state index is 14.3. The van der Waals surface area contributed by atoms with E-state index in [0.717, 1.165) is 5.56 Å². The second-order valence-electron chi connectivity index (χ2n) is 4.43. The minimum atomic E-state index is -0.566. The number of hydrogen-bond donors (Lipinski definition) is 2. The van der Waals surface area contributed by atoms with Gasteiger partial charge in [-0.1, -0.05) is 24.3 Å². The van der Waals surface area contributed by atoms with Crippen LogP contribution in [0.3, 0.4) is 0 Å². The van der Waals surface area contributed by atoms with Crippen molar-refractivity contribution in [3.05, 3.63) is 59.4 Å². The summed E-state index contributed by atoms with van der Waals surface area (Å²) in [5.41, 5.74) is 3.76. The molecule has 0 aromatic heterocycles. The fourth-order valence-electron chi connectivity index (χ4n) is 2.31. The van der Waals surface area contributed by atoms with E-state index in [-0.39, 0.29) is 5.82 Å². The van der Waals surface area contributed by atoms with Crippen LogP contribution in [0, 0.1) is 5.82 Å². The average Bonchev–Trinajstić information content (AvgIpc) is 2.51. The van der Waals surface area contributed by atoms with Crippen LogP contribution in [0.25, 0.3) is 0 Å². The molecule has 0 spiro atoms. The zero-order valence-electron chi connectivity index (χ0n) is 12.1. The number of ether oxygens (including phenoxy) is 2. The van der Waals surface area contributed by atoms with Gasteiger partial charge in [0, 0.05) is 5.56 Å². The van der Waals surface area contributed by atoms with Gasteiger partial charge in [-0.25, -0.2) is 9.82 Å². The summed E-state index contributed by atoms with van der Waals surface area (Å²) < 4.78 is 25.1. The van der Waals surface area contributed by atoms with Crippen LogP contribution < -0.4 is 20.7 Å². The summed E-state index contributed by atoms with van der Waals surface area (Å²) >= 11 is 0. The number of nitrogens with two attached hydrogens (primary N) is 1. The van der Waals surface area contributed by atoms with Gasteiger partial charge in [-0.15, -0.1) is 0 Å². The van der Waals surface area contributed by atoms with Crippen molar-refractivity contribution in [1.82, 2.24) is 5.43 Å². The normalized spacial score (nSPS) is 12.0. The molecule has 2 rings (SSSR count). The second-order valence-corrected chi connectivity index (χ2v) is 4.43. The Bertz CT molecular complexity index is 605. The highest BCUT2D eigenvalue weighted by Gasteiger charge is 2.23. The van der Waals surface area contributed by atoms with E-state index in [0.29, 0.717) is 23.7 Å². The molecule has 1 atom stereocenters. The standard InChI is InChI=1S/C16H19FN2O2/c1-3-21-13-9-5-4-7-11(13)16(19-18)15-12(17)8-6-10-14(15)20-2/h4-10,16,19H,3,18H2,1-2H3. The molecule has 0 radical (unpaired) electrons. The van der Waals surface area contributed by atoms with Gasteiger partial charge in [0.15, 0.2) is 0 Å². The number of rotatable bonds is 6. The zero-order valence-corrected chi connectivity index (χ0v) is 12.1. The van der Waals surface area contributed by atoms with Crippen LogP contribution in [0.4, 0.5) is 4.39 Å². The predicted octanol–water partition coefficient (Wildman–Crippen LogP) is 2.79. The Morgan fingerprint density at radius 3 is 2.52 bits per heavy atom. The van der Waals surface area contributed by atoms with Gasteiger partial charge in [-0.2, -0.15) is 0 Å². The van der Waals surface area contributed by atoms with Gasteiger partial charge >= 0.3 is 0 Å². The Morgan fingerprint density at radius 1 is 1.14 bits per heavy atom. The Kier molecular flexibility index (Phi) is 5.14. The van der Waals surface area contributed by atoms with Gasteiger partial charge in [0.2, 0.25) is 0 Å². The van der Waals surface area contributed by atoms with Crippen LogP contribution in [0.2, 0.25) is 0 Å². The quantitative estimate of drug-likeness (QED) is 0.634. The second kappa shape index (κ2) is 7.06. The monoisotopic (exact) mass is 290 g/mol. The van der Waals surface area contributed by atoms with Gasteiger partial charge in [0.05, 0.1) is 25.3 Å². The molecular weight excluding hydrogens is 271 g/mol. The minimum absolute atomic E-state index is 0.356. The average molecular weight is 290 g/mol. The van der Waals surface area contributed by atoms with Crippen LogP contribution >= 0.6 is 0 Å². The van der Waals surface area contributed by atoms with Crippen molar-refractivity contribution in [2.45, 2.75) is 13.0 Å². The number of methoxy groups -OCH3 is 1. The Hall–Kier alpha value is -2.11. The van der Waals surface area contributed by atoms with Gasteiger partial charge in [-0.05, 0) is 25.1 Å². The fourth-order valence-corrected chi connectivity index (χ4v) is 2.31. The van der Waals surface area contributed by atoms with Crippen molar-refractivity contribution < 1.29 is 13.9 Å². The van der Waals surface area contributed by atoms with Crippen molar-refractivity contribution >= 4 is 0 Å². The summed E-state index contributed by atoms with van der Waals surface area (Å²) in [6.07, 6.45) is 0. The first-order chi connectivity index (χ1) is 10.2. The van der Waals surface area contributed by atoms with E-state index in [1.807, 2.05) is 31.2 Å². The van der Waals surface area contributed by atoms with Crippen molar-refractivity contribution in [2.24, 2.45) is 5.84 Å². The lowest BCUT2D eigenvalue weighted by Gasteiger charge is -2.22. The molecule has 0 bridgehead atoms. The van der Waals surface area contributed by atoms with E-state index in [9.17, 15) is 4.39 Å². The van der Waals surface area contributed by atoms with Crippen LogP contribution in [-0.4, -0.2) is 13.7 Å². The van der Waals surface area contributed by atoms with E-state index in [1.54, 1.807) is 12.1 Å². The number of halogens is 1. The minimum Gasteiger partial charge on any atom is -0.496 e. The molecule has 2 aromatic carbocycles. The fraction of sp³-hybridized carbons (Fsp3) is 0.250. The highest BCUT2D eigenvalue weighted by atomic mass is 19.1. The number of benzene rings is 2. The summed E-state index contributed by atoms with van der Waals surface area (Å²) in [5.74, 6) is 6.38. The van der Waals surface area contributed by atoms with Crippen LogP contribution in [0.5, 0.6) is 11.5 Å². The smallest absolute Gasteiger partial charge is 0.132 e. The Labute approximate surface area is 123 Å². The highest BCUT2D eigenvalue weighted by Crippen LogP contribution is 2.35. The third kappa shape index (κ3) is 3.15. The van der Waals surface area contributed by atoms with Crippen molar-refractivity contribution in [3.8, 4) is 11.5 Å². The first-order valence-electron chi connectivity index (χ1n) is 6.73. The Balaban J connectivity index is 2.55. The molecule has 112 valence electrons. The van der Waals surface area contributed by atoms with Crippen LogP contribution in [0.1, 0.15) is 24.1 Å². The molecule has 21 heavy (non-hydrogen) atoms. The van der Waals surface area contributed by atoms with E-state index >= 15 is 0 Å². The topological polar surface area (TPSA) is 56.5 Å². The molecular formula is C16H19FN2O2. The molecule has 0 aliphatic rings. The summed E-state index contributed by atoms with van der Waals surface area (Å²) in [5, 5.41) is 0. The molecule has 0 amide bonds. The van der Waals surface area contributed by atoms with Crippen LogP contribution in [-0.2, 0) is 0 Å². The van der Waals surface area contributed by atoms with E-state index in [4.69, 9.17) is 15.3 Å². The lowest BCUT2D eigenvalue weighted by atomic mass is 9.97.